The molecule has 0 aliphatic rings. The second-order valence-electron chi connectivity index (χ2n) is 6.03. The summed E-state index contributed by atoms with van der Waals surface area (Å²) >= 11 is 0. The summed E-state index contributed by atoms with van der Waals surface area (Å²) in [5, 5.41) is 0. The third-order valence-electron chi connectivity index (χ3n) is 4.25. The van der Waals surface area contributed by atoms with Gasteiger partial charge >= 0.3 is 0 Å². The first-order valence-electron chi connectivity index (χ1n) is 8.71. The van der Waals surface area contributed by atoms with E-state index >= 15 is 0 Å². The van der Waals surface area contributed by atoms with Gasteiger partial charge in [-0.2, -0.15) is 0 Å². The zero-order valence-corrected chi connectivity index (χ0v) is 14.2. The molecule has 0 saturated carbocycles. The highest BCUT2D eigenvalue weighted by atomic mass is 16.5. The summed E-state index contributed by atoms with van der Waals surface area (Å²) in [6.45, 7) is 2.97. The van der Waals surface area contributed by atoms with E-state index in [4.69, 9.17) is 4.74 Å². The van der Waals surface area contributed by atoms with Gasteiger partial charge < -0.3 is 4.74 Å². The Bertz CT molecular complexity index is 678. The summed E-state index contributed by atoms with van der Waals surface area (Å²) < 4.78 is 5.79. The molecule has 3 aromatic carbocycles. The molecule has 0 heterocycles. The average molecular weight is 316 g/mol. The Morgan fingerprint density at radius 2 is 1.17 bits per heavy atom. The van der Waals surface area contributed by atoms with E-state index in [0.29, 0.717) is 0 Å². The van der Waals surface area contributed by atoms with Gasteiger partial charge in [-0.05, 0) is 35.2 Å². The van der Waals surface area contributed by atoms with Crippen molar-refractivity contribution < 1.29 is 4.74 Å². The van der Waals surface area contributed by atoms with E-state index in [2.05, 4.69) is 91.9 Å². The highest BCUT2D eigenvalue weighted by Gasteiger charge is 2.16. The molecule has 1 nitrogen and oxygen atoms in total. The molecule has 0 radical (unpaired) electrons. The fourth-order valence-corrected chi connectivity index (χ4v) is 2.96. The maximum Gasteiger partial charge on any atom is 0.119 e. The minimum absolute atomic E-state index is 0.247. The van der Waals surface area contributed by atoms with Gasteiger partial charge in [-0.25, -0.2) is 0 Å². The van der Waals surface area contributed by atoms with Crippen molar-refractivity contribution in [3.05, 3.63) is 102 Å². The monoisotopic (exact) mass is 316 g/mol. The Morgan fingerprint density at radius 1 is 0.667 bits per heavy atom. The lowest BCUT2D eigenvalue weighted by Crippen LogP contribution is -2.03. The summed E-state index contributed by atoms with van der Waals surface area (Å²) in [4.78, 5) is 0. The predicted octanol–water partition coefficient (Wildman–Crippen LogP) is 6.05. The Kier molecular flexibility index (Phi) is 5.68. The molecule has 122 valence electrons. The number of unbranched alkanes of at least 4 members (excludes halogenated alkanes) is 1. The van der Waals surface area contributed by atoms with Crippen molar-refractivity contribution >= 4 is 0 Å². The van der Waals surface area contributed by atoms with Crippen molar-refractivity contribution in [2.24, 2.45) is 0 Å². The number of benzene rings is 3. The molecule has 0 amide bonds. The highest BCUT2D eigenvalue weighted by molar-refractivity contribution is 5.44. The van der Waals surface area contributed by atoms with Crippen molar-refractivity contribution in [2.45, 2.75) is 25.7 Å². The van der Waals surface area contributed by atoms with E-state index in [1.165, 1.54) is 16.7 Å². The number of hydrogen-bond donors (Lipinski definition) is 0. The van der Waals surface area contributed by atoms with Gasteiger partial charge in [0.2, 0.25) is 0 Å². The molecule has 3 aromatic rings. The van der Waals surface area contributed by atoms with Crippen LogP contribution in [0.3, 0.4) is 0 Å². The fraction of sp³-hybridized carbons (Fsp3) is 0.217. The zero-order valence-electron chi connectivity index (χ0n) is 14.2. The van der Waals surface area contributed by atoms with Crippen molar-refractivity contribution in [2.75, 3.05) is 6.61 Å². The summed E-state index contributed by atoms with van der Waals surface area (Å²) in [7, 11) is 0. The van der Waals surface area contributed by atoms with Gasteiger partial charge in [0.1, 0.15) is 5.75 Å². The molecule has 0 spiro atoms. The number of ether oxygens (including phenoxy) is 1. The zero-order chi connectivity index (χ0) is 16.6. The molecular weight excluding hydrogens is 292 g/mol. The van der Waals surface area contributed by atoms with Crippen LogP contribution in [0.25, 0.3) is 0 Å². The second-order valence-corrected chi connectivity index (χ2v) is 6.03. The van der Waals surface area contributed by atoms with Gasteiger partial charge in [0.05, 0.1) is 6.61 Å². The molecule has 0 N–H and O–H groups in total. The molecule has 1 heteroatoms. The lowest BCUT2D eigenvalue weighted by molar-refractivity contribution is 0.309. The summed E-state index contributed by atoms with van der Waals surface area (Å²) in [5.74, 6) is 1.20. The summed E-state index contributed by atoms with van der Waals surface area (Å²) in [6.07, 6.45) is 2.25. The SMILES string of the molecule is CCCCOc1ccc(C(c2ccccc2)c2ccccc2)cc1. The van der Waals surface area contributed by atoms with Crippen molar-refractivity contribution in [3.63, 3.8) is 0 Å². The van der Waals surface area contributed by atoms with Gasteiger partial charge in [0.25, 0.3) is 0 Å². The maximum absolute atomic E-state index is 5.79. The Morgan fingerprint density at radius 3 is 1.67 bits per heavy atom. The number of rotatable bonds is 7. The lowest BCUT2D eigenvalue weighted by atomic mass is 9.85. The molecule has 0 aromatic heterocycles. The van der Waals surface area contributed by atoms with Crippen molar-refractivity contribution in [1.29, 1.82) is 0 Å². The molecule has 0 fully saturated rings. The van der Waals surface area contributed by atoms with Crippen LogP contribution in [-0.2, 0) is 0 Å². The Hall–Kier alpha value is -2.54. The van der Waals surface area contributed by atoms with Crippen LogP contribution in [0.4, 0.5) is 0 Å². The molecule has 24 heavy (non-hydrogen) atoms. The summed E-state index contributed by atoms with van der Waals surface area (Å²) in [5.41, 5.74) is 3.90. The molecule has 0 aliphatic carbocycles. The minimum Gasteiger partial charge on any atom is -0.494 e. The molecule has 0 saturated heterocycles. The second kappa shape index (κ2) is 8.35. The Balaban J connectivity index is 1.89. The van der Waals surface area contributed by atoms with Crippen molar-refractivity contribution in [1.82, 2.24) is 0 Å². The average Bonchev–Trinajstić information content (AvgIpc) is 2.65. The van der Waals surface area contributed by atoms with Gasteiger partial charge in [-0.15, -0.1) is 0 Å². The molecule has 0 bridgehead atoms. The first kappa shape index (κ1) is 16.3. The normalized spacial score (nSPS) is 10.8. The quantitative estimate of drug-likeness (QED) is 0.381. The first-order chi connectivity index (χ1) is 11.9. The topological polar surface area (TPSA) is 9.23 Å². The van der Waals surface area contributed by atoms with Gasteiger partial charge in [0, 0.05) is 5.92 Å². The molecule has 0 atom stereocenters. The molecule has 0 unspecified atom stereocenters. The fourth-order valence-electron chi connectivity index (χ4n) is 2.96. The van der Waals surface area contributed by atoms with Crippen LogP contribution in [0.2, 0.25) is 0 Å². The van der Waals surface area contributed by atoms with Crippen LogP contribution in [0.15, 0.2) is 84.9 Å². The minimum atomic E-state index is 0.247. The molecule has 0 aliphatic heterocycles. The van der Waals surface area contributed by atoms with Crippen LogP contribution < -0.4 is 4.74 Å². The predicted molar refractivity (Wildman–Crippen MR) is 101 cm³/mol. The van der Waals surface area contributed by atoms with E-state index in [1.54, 1.807) is 0 Å². The van der Waals surface area contributed by atoms with Crippen LogP contribution in [-0.4, -0.2) is 6.61 Å². The third kappa shape index (κ3) is 4.05. The van der Waals surface area contributed by atoms with E-state index in [9.17, 15) is 0 Å². The molecular formula is C23H24O. The standard InChI is InChI=1S/C23H24O/c1-2-3-18-24-22-16-14-21(15-17-22)23(19-10-6-4-7-11-19)20-12-8-5-9-13-20/h4-17,23H,2-3,18H2,1H3. The lowest BCUT2D eigenvalue weighted by Gasteiger charge is -2.19. The maximum atomic E-state index is 5.79. The first-order valence-corrected chi connectivity index (χ1v) is 8.71. The third-order valence-corrected chi connectivity index (χ3v) is 4.25. The Labute approximate surface area is 144 Å². The van der Waals surface area contributed by atoms with Crippen LogP contribution in [0, 0.1) is 0 Å². The summed E-state index contributed by atoms with van der Waals surface area (Å²) in [6, 6.07) is 29.9. The van der Waals surface area contributed by atoms with E-state index in [-0.39, 0.29) is 5.92 Å². The highest BCUT2D eigenvalue weighted by Crippen LogP contribution is 2.32. The van der Waals surface area contributed by atoms with Gasteiger partial charge in [0.15, 0.2) is 0 Å². The van der Waals surface area contributed by atoms with Gasteiger partial charge in [-0.3, -0.25) is 0 Å². The smallest absolute Gasteiger partial charge is 0.119 e. The van der Waals surface area contributed by atoms with E-state index < -0.39 is 0 Å². The van der Waals surface area contributed by atoms with Crippen LogP contribution in [0.1, 0.15) is 42.4 Å². The number of hydrogen-bond acceptors (Lipinski definition) is 1. The van der Waals surface area contributed by atoms with Crippen LogP contribution in [0.5, 0.6) is 5.75 Å². The van der Waals surface area contributed by atoms with E-state index in [0.717, 1.165) is 25.2 Å². The van der Waals surface area contributed by atoms with Gasteiger partial charge in [-0.1, -0.05) is 86.1 Å². The largest absolute Gasteiger partial charge is 0.494 e. The van der Waals surface area contributed by atoms with Crippen LogP contribution >= 0.6 is 0 Å². The van der Waals surface area contributed by atoms with E-state index in [1.807, 2.05) is 0 Å². The molecule has 3 rings (SSSR count). The van der Waals surface area contributed by atoms with Crippen molar-refractivity contribution in [3.8, 4) is 5.75 Å².